The molecule has 0 radical (unpaired) electrons. The minimum Gasteiger partial charge on any atom is -0.494 e. The summed E-state index contributed by atoms with van der Waals surface area (Å²) in [6.45, 7) is -0.214. The van der Waals surface area contributed by atoms with Crippen LogP contribution in [0.2, 0.25) is 10.0 Å². The highest BCUT2D eigenvalue weighted by Gasteiger charge is 2.21. The molecule has 0 fully saturated rings. The molecule has 0 aromatic heterocycles. The second-order valence-corrected chi connectivity index (χ2v) is 5.46. The quantitative estimate of drug-likeness (QED) is 0.308. The molecule has 0 saturated carbocycles. The SMILES string of the molecule is COc1c(Cl)ccc(Cl)c1C(=O)OCCOc1ccccc1[N+](=O)[O-]. The summed E-state index contributed by atoms with van der Waals surface area (Å²) in [5.41, 5.74) is -0.171. The van der Waals surface area contributed by atoms with Crippen LogP contribution < -0.4 is 9.47 Å². The van der Waals surface area contributed by atoms with Crippen molar-refractivity contribution < 1.29 is 23.9 Å². The van der Waals surface area contributed by atoms with Crippen LogP contribution in [0.15, 0.2) is 36.4 Å². The third-order valence-electron chi connectivity index (χ3n) is 3.10. The lowest BCUT2D eigenvalue weighted by atomic mass is 10.2. The van der Waals surface area contributed by atoms with Gasteiger partial charge in [0.2, 0.25) is 0 Å². The summed E-state index contributed by atoms with van der Waals surface area (Å²) < 4.78 is 15.4. The number of nitro benzene ring substituents is 1. The van der Waals surface area contributed by atoms with Crippen LogP contribution in [-0.2, 0) is 4.74 Å². The van der Waals surface area contributed by atoms with Gasteiger partial charge in [-0.1, -0.05) is 35.3 Å². The Morgan fingerprint density at radius 1 is 1.12 bits per heavy atom. The molecule has 0 amide bonds. The molecule has 0 aliphatic heterocycles. The van der Waals surface area contributed by atoms with E-state index in [4.69, 9.17) is 37.4 Å². The van der Waals surface area contributed by atoms with Gasteiger partial charge < -0.3 is 14.2 Å². The summed E-state index contributed by atoms with van der Waals surface area (Å²) in [6, 6.07) is 8.85. The molecular formula is C16H13Cl2NO6. The van der Waals surface area contributed by atoms with Crippen molar-refractivity contribution in [2.24, 2.45) is 0 Å². The second kappa shape index (κ2) is 8.55. The maximum Gasteiger partial charge on any atom is 0.343 e. The molecule has 0 unspecified atom stereocenters. The molecule has 0 atom stereocenters. The summed E-state index contributed by atoms with van der Waals surface area (Å²) in [5, 5.41) is 11.2. The fourth-order valence-corrected chi connectivity index (χ4v) is 2.47. The number of carbonyl (C=O) groups excluding carboxylic acids is 1. The van der Waals surface area contributed by atoms with Crippen LogP contribution in [0.1, 0.15) is 10.4 Å². The number of esters is 1. The number of rotatable bonds is 7. The van der Waals surface area contributed by atoms with E-state index in [2.05, 4.69) is 0 Å². The minimum absolute atomic E-state index is 0.00218. The van der Waals surface area contributed by atoms with Gasteiger partial charge in [-0.2, -0.15) is 0 Å². The number of ether oxygens (including phenoxy) is 3. The van der Waals surface area contributed by atoms with Crippen LogP contribution in [0.5, 0.6) is 11.5 Å². The Morgan fingerprint density at radius 2 is 1.80 bits per heavy atom. The number of carbonyl (C=O) groups is 1. The van der Waals surface area contributed by atoms with Crippen molar-refractivity contribution in [3.8, 4) is 11.5 Å². The highest BCUT2D eigenvalue weighted by molar-refractivity contribution is 6.37. The van der Waals surface area contributed by atoms with E-state index in [-0.39, 0.29) is 46.0 Å². The number of nitrogens with zero attached hydrogens (tertiary/aromatic N) is 1. The summed E-state index contributed by atoms with van der Waals surface area (Å²) in [6.07, 6.45) is 0. The zero-order chi connectivity index (χ0) is 18.4. The largest absolute Gasteiger partial charge is 0.494 e. The molecule has 2 rings (SSSR count). The van der Waals surface area contributed by atoms with E-state index in [1.807, 2.05) is 0 Å². The number of nitro groups is 1. The predicted octanol–water partition coefficient (Wildman–Crippen LogP) is 4.15. The van der Waals surface area contributed by atoms with E-state index in [1.54, 1.807) is 6.07 Å². The van der Waals surface area contributed by atoms with Crippen molar-refractivity contribution >= 4 is 34.9 Å². The number of hydrogen-bond donors (Lipinski definition) is 0. The Bertz CT molecular complexity index is 796. The van der Waals surface area contributed by atoms with Crippen molar-refractivity contribution in [3.05, 3.63) is 62.1 Å². The number of methoxy groups -OCH3 is 1. The molecule has 0 spiro atoms. The van der Waals surface area contributed by atoms with Crippen LogP contribution >= 0.6 is 23.2 Å². The first kappa shape index (κ1) is 18.8. The van der Waals surface area contributed by atoms with Gasteiger partial charge in [-0.25, -0.2) is 4.79 Å². The van der Waals surface area contributed by atoms with E-state index in [0.29, 0.717) is 0 Å². The highest BCUT2D eigenvalue weighted by atomic mass is 35.5. The smallest absolute Gasteiger partial charge is 0.343 e. The molecule has 132 valence electrons. The van der Waals surface area contributed by atoms with Gasteiger partial charge in [-0.3, -0.25) is 10.1 Å². The average molecular weight is 386 g/mol. The van der Waals surface area contributed by atoms with Crippen molar-refractivity contribution in [3.63, 3.8) is 0 Å². The lowest BCUT2D eigenvalue weighted by Gasteiger charge is -2.12. The number of hydrogen-bond acceptors (Lipinski definition) is 6. The van der Waals surface area contributed by atoms with Gasteiger partial charge in [-0.15, -0.1) is 0 Å². The van der Waals surface area contributed by atoms with Gasteiger partial charge in [0.05, 0.1) is 22.1 Å². The first-order chi connectivity index (χ1) is 12.0. The second-order valence-electron chi connectivity index (χ2n) is 4.65. The zero-order valence-electron chi connectivity index (χ0n) is 13.0. The maximum absolute atomic E-state index is 12.2. The maximum atomic E-state index is 12.2. The van der Waals surface area contributed by atoms with Gasteiger partial charge >= 0.3 is 11.7 Å². The molecule has 0 saturated heterocycles. The number of benzene rings is 2. The minimum atomic E-state index is -0.740. The van der Waals surface area contributed by atoms with Crippen molar-refractivity contribution in [2.75, 3.05) is 20.3 Å². The van der Waals surface area contributed by atoms with E-state index >= 15 is 0 Å². The van der Waals surface area contributed by atoms with Crippen LogP contribution in [0.3, 0.4) is 0 Å². The molecule has 0 bridgehead atoms. The van der Waals surface area contributed by atoms with Crippen LogP contribution in [0.4, 0.5) is 5.69 Å². The monoisotopic (exact) mass is 385 g/mol. The van der Waals surface area contributed by atoms with E-state index < -0.39 is 10.9 Å². The van der Waals surface area contributed by atoms with Gasteiger partial charge in [-0.05, 0) is 18.2 Å². The van der Waals surface area contributed by atoms with Crippen molar-refractivity contribution in [1.82, 2.24) is 0 Å². The molecule has 25 heavy (non-hydrogen) atoms. The normalized spacial score (nSPS) is 10.2. The predicted molar refractivity (Wildman–Crippen MR) is 91.9 cm³/mol. The Labute approximate surface area is 153 Å². The molecule has 7 nitrogen and oxygen atoms in total. The molecule has 0 aliphatic carbocycles. The summed E-state index contributed by atoms with van der Waals surface area (Å²) in [7, 11) is 1.35. The first-order valence-corrected chi connectivity index (χ1v) is 7.76. The van der Waals surface area contributed by atoms with Crippen molar-refractivity contribution in [2.45, 2.75) is 0 Å². The Balaban J connectivity index is 1.99. The molecule has 9 heteroatoms. The molecule has 0 heterocycles. The fraction of sp³-hybridized carbons (Fsp3) is 0.188. The Morgan fingerprint density at radius 3 is 2.48 bits per heavy atom. The standard InChI is InChI=1S/C16H13Cl2NO6/c1-23-15-11(18)7-6-10(17)14(15)16(20)25-9-8-24-13-5-3-2-4-12(13)19(21)22/h2-7H,8-9H2,1H3. The average Bonchev–Trinajstić information content (AvgIpc) is 2.60. The Kier molecular flexibility index (Phi) is 6.44. The van der Waals surface area contributed by atoms with Crippen LogP contribution in [0.25, 0.3) is 0 Å². The van der Waals surface area contributed by atoms with Gasteiger partial charge in [0, 0.05) is 6.07 Å². The van der Waals surface area contributed by atoms with Gasteiger partial charge in [0.25, 0.3) is 0 Å². The van der Waals surface area contributed by atoms with E-state index in [9.17, 15) is 14.9 Å². The van der Waals surface area contributed by atoms with Gasteiger partial charge in [0.15, 0.2) is 11.5 Å². The topological polar surface area (TPSA) is 87.9 Å². The third-order valence-corrected chi connectivity index (χ3v) is 3.72. The van der Waals surface area contributed by atoms with Crippen LogP contribution in [0, 0.1) is 10.1 Å². The van der Waals surface area contributed by atoms with Gasteiger partial charge in [0.1, 0.15) is 18.8 Å². The molecule has 2 aromatic carbocycles. The molecule has 0 N–H and O–H groups in total. The summed E-state index contributed by atoms with van der Waals surface area (Å²) in [4.78, 5) is 22.5. The zero-order valence-corrected chi connectivity index (χ0v) is 14.5. The summed E-state index contributed by atoms with van der Waals surface area (Å²) >= 11 is 11.9. The lowest BCUT2D eigenvalue weighted by molar-refractivity contribution is -0.385. The molecular weight excluding hydrogens is 373 g/mol. The third kappa shape index (κ3) is 4.52. The highest BCUT2D eigenvalue weighted by Crippen LogP contribution is 2.34. The van der Waals surface area contributed by atoms with Crippen molar-refractivity contribution in [1.29, 1.82) is 0 Å². The fourth-order valence-electron chi connectivity index (χ4n) is 2.01. The molecule has 0 aliphatic rings. The number of para-hydroxylation sites is 2. The summed E-state index contributed by atoms with van der Waals surface area (Å²) in [5.74, 6) is -0.545. The van der Waals surface area contributed by atoms with Crippen LogP contribution in [-0.4, -0.2) is 31.2 Å². The first-order valence-electron chi connectivity index (χ1n) is 7.01. The Hall–Kier alpha value is -2.51. The van der Waals surface area contributed by atoms with E-state index in [0.717, 1.165) is 0 Å². The lowest BCUT2D eigenvalue weighted by Crippen LogP contribution is -2.14. The number of halogens is 2. The van der Waals surface area contributed by atoms with E-state index in [1.165, 1.54) is 37.4 Å². The molecule has 2 aromatic rings.